The molecule has 1 aromatic rings. The fraction of sp³-hybridized carbons (Fsp3) is 0.455. The number of hydrogen-bond donors (Lipinski definition) is 1. The molecule has 0 amide bonds. The van der Waals surface area contributed by atoms with Crippen LogP contribution in [0.3, 0.4) is 0 Å². The molecule has 1 saturated heterocycles. The normalized spacial score (nSPS) is 20.2. The molecule has 1 fully saturated rings. The lowest BCUT2D eigenvalue weighted by Gasteiger charge is -2.33. The highest BCUT2D eigenvalue weighted by Crippen LogP contribution is 2.40. The molecule has 1 heterocycles. The number of benzene rings is 1. The van der Waals surface area contributed by atoms with Gasteiger partial charge >= 0.3 is 0 Å². The molecule has 15 heavy (non-hydrogen) atoms. The Balaban J connectivity index is 2.42. The Morgan fingerprint density at radius 2 is 2.00 bits per heavy atom. The van der Waals surface area contributed by atoms with E-state index in [4.69, 9.17) is 16.3 Å². The van der Waals surface area contributed by atoms with Crippen molar-refractivity contribution in [3.05, 3.63) is 33.3 Å². The van der Waals surface area contributed by atoms with E-state index in [9.17, 15) is 5.11 Å². The van der Waals surface area contributed by atoms with Crippen molar-refractivity contribution in [2.24, 2.45) is 0 Å². The molecule has 82 valence electrons. The monoisotopic (exact) mass is 290 g/mol. The first-order chi connectivity index (χ1) is 7.13. The molecule has 1 aromatic carbocycles. The lowest BCUT2D eigenvalue weighted by molar-refractivity contribution is -0.0682. The van der Waals surface area contributed by atoms with E-state index in [0.29, 0.717) is 31.1 Å². The van der Waals surface area contributed by atoms with Crippen molar-refractivity contribution in [1.29, 1.82) is 0 Å². The van der Waals surface area contributed by atoms with Crippen LogP contribution < -0.4 is 0 Å². The molecule has 1 aliphatic heterocycles. The number of ether oxygens (including phenoxy) is 1. The zero-order chi connectivity index (χ0) is 10.9. The minimum Gasteiger partial charge on any atom is -0.385 e. The first kappa shape index (κ1) is 11.4. The Kier molecular flexibility index (Phi) is 3.36. The van der Waals surface area contributed by atoms with E-state index in [-0.39, 0.29) is 0 Å². The summed E-state index contributed by atoms with van der Waals surface area (Å²) in [5.41, 5.74) is -0.0648. The Labute approximate surface area is 102 Å². The average Bonchev–Trinajstić information content (AvgIpc) is 2.18. The SMILES string of the molecule is OC1(c2c(Cl)cccc2Br)CCOCC1. The number of aliphatic hydroxyl groups is 1. The zero-order valence-corrected chi connectivity index (χ0v) is 10.5. The molecule has 0 saturated carbocycles. The van der Waals surface area contributed by atoms with Crippen molar-refractivity contribution in [3.8, 4) is 0 Å². The summed E-state index contributed by atoms with van der Waals surface area (Å²) in [7, 11) is 0. The molecule has 0 radical (unpaired) electrons. The van der Waals surface area contributed by atoms with Gasteiger partial charge in [0.1, 0.15) is 0 Å². The molecule has 1 aliphatic rings. The van der Waals surface area contributed by atoms with Gasteiger partial charge in [-0.3, -0.25) is 0 Å². The topological polar surface area (TPSA) is 29.5 Å². The first-order valence-corrected chi connectivity index (χ1v) is 6.05. The van der Waals surface area contributed by atoms with Gasteiger partial charge in [0.05, 0.1) is 5.60 Å². The summed E-state index contributed by atoms with van der Waals surface area (Å²) < 4.78 is 6.11. The summed E-state index contributed by atoms with van der Waals surface area (Å²) in [6, 6.07) is 5.56. The van der Waals surface area contributed by atoms with Crippen molar-refractivity contribution >= 4 is 27.5 Å². The molecule has 0 bridgehead atoms. The highest BCUT2D eigenvalue weighted by Gasteiger charge is 2.35. The van der Waals surface area contributed by atoms with Crippen LogP contribution in [-0.2, 0) is 10.3 Å². The van der Waals surface area contributed by atoms with Crippen LogP contribution in [0.4, 0.5) is 0 Å². The zero-order valence-electron chi connectivity index (χ0n) is 8.17. The summed E-state index contributed by atoms with van der Waals surface area (Å²) in [6.45, 7) is 1.16. The number of rotatable bonds is 1. The van der Waals surface area contributed by atoms with E-state index in [2.05, 4.69) is 15.9 Å². The minimum absolute atomic E-state index is 0.578. The van der Waals surface area contributed by atoms with Gasteiger partial charge in [0.25, 0.3) is 0 Å². The van der Waals surface area contributed by atoms with Gasteiger partial charge in [-0.1, -0.05) is 33.6 Å². The van der Waals surface area contributed by atoms with Crippen molar-refractivity contribution in [2.45, 2.75) is 18.4 Å². The maximum atomic E-state index is 10.5. The fourth-order valence-electron chi connectivity index (χ4n) is 1.90. The Morgan fingerprint density at radius 3 is 2.60 bits per heavy atom. The lowest BCUT2D eigenvalue weighted by atomic mass is 9.86. The number of hydrogen-bond acceptors (Lipinski definition) is 2. The van der Waals surface area contributed by atoms with E-state index >= 15 is 0 Å². The molecule has 0 aliphatic carbocycles. The number of halogens is 2. The molecule has 4 heteroatoms. The van der Waals surface area contributed by atoms with Gasteiger partial charge in [-0.05, 0) is 12.1 Å². The largest absolute Gasteiger partial charge is 0.385 e. The molecular weight excluding hydrogens is 279 g/mol. The molecule has 2 nitrogen and oxygen atoms in total. The van der Waals surface area contributed by atoms with Crippen LogP contribution in [0.15, 0.2) is 22.7 Å². The van der Waals surface area contributed by atoms with E-state index in [1.54, 1.807) is 6.07 Å². The molecule has 0 atom stereocenters. The van der Waals surface area contributed by atoms with Gasteiger partial charge in [-0.15, -0.1) is 0 Å². The van der Waals surface area contributed by atoms with Gasteiger partial charge in [-0.25, -0.2) is 0 Å². The van der Waals surface area contributed by atoms with Crippen molar-refractivity contribution < 1.29 is 9.84 Å². The van der Waals surface area contributed by atoms with E-state index in [1.807, 2.05) is 12.1 Å². The molecule has 1 N–H and O–H groups in total. The molecule has 0 spiro atoms. The second-order valence-electron chi connectivity index (χ2n) is 3.74. The Bertz CT molecular complexity index is 341. The molecule has 2 rings (SSSR count). The maximum absolute atomic E-state index is 10.5. The first-order valence-electron chi connectivity index (χ1n) is 4.88. The molecule has 0 unspecified atom stereocenters. The predicted molar refractivity (Wildman–Crippen MR) is 63.1 cm³/mol. The van der Waals surface area contributed by atoms with Crippen LogP contribution in [0.5, 0.6) is 0 Å². The fourth-order valence-corrected chi connectivity index (χ4v) is 3.10. The Hall–Kier alpha value is -0.0900. The van der Waals surface area contributed by atoms with Gasteiger partial charge < -0.3 is 9.84 Å². The standard InChI is InChI=1S/C11H12BrClO2/c12-8-2-1-3-9(13)10(8)11(14)4-6-15-7-5-11/h1-3,14H,4-7H2. The third-order valence-electron chi connectivity index (χ3n) is 2.75. The van der Waals surface area contributed by atoms with E-state index in [0.717, 1.165) is 10.0 Å². The van der Waals surface area contributed by atoms with Crippen LogP contribution in [-0.4, -0.2) is 18.3 Å². The second kappa shape index (κ2) is 4.42. The van der Waals surface area contributed by atoms with Gasteiger partial charge in [0.15, 0.2) is 0 Å². The third-order valence-corrected chi connectivity index (χ3v) is 3.72. The van der Waals surface area contributed by atoms with Crippen LogP contribution in [0.25, 0.3) is 0 Å². The average molecular weight is 292 g/mol. The minimum atomic E-state index is -0.852. The summed E-state index contributed by atoms with van der Waals surface area (Å²) in [6.07, 6.45) is 1.19. The van der Waals surface area contributed by atoms with Gasteiger partial charge in [0, 0.05) is 41.1 Å². The van der Waals surface area contributed by atoms with Crippen LogP contribution in [0.1, 0.15) is 18.4 Å². The van der Waals surface area contributed by atoms with E-state index in [1.165, 1.54) is 0 Å². The lowest BCUT2D eigenvalue weighted by Crippen LogP contribution is -2.34. The maximum Gasteiger partial charge on any atom is 0.0965 e. The van der Waals surface area contributed by atoms with Crippen LogP contribution >= 0.6 is 27.5 Å². The van der Waals surface area contributed by atoms with Crippen LogP contribution in [0.2, 0.25) is 5.02 Å². The Morgan fingerprint density at radius 1 is 1.33 bits per heavy atom. The highest BCUT2D eigenvalue weighted by molar-refractivity contribution is 9.10. The predicted octanol–water partition coefficient (Wildman–Crippen LogP) is 3.10. The highest BCUT2D eigenvalue weighted by atomic mass is 79.9. The van der Waals surface area contributed by atoms with Crippen molar-refractivity contribution in [3.63, 3.8) is 0 Å². The summed E-state index contributed by atoms with van der Waals surface area (Å²) in [5, 5.41) is 11.1. The van der Waals surface area contributed by atoms with Gasteiger partial charge in [-0.2, -0.15) is 0 Å². The summed E-state index contributed by atoms with van der Waals surface area (Å²) in [5.74, 6) is 0. The second-order valence-corrected chi connectivity index (χ2v) is 5.00. The smallest absolute Gasteiger partial charge is 0.0965 e. The van der Waals surface area contributed by atoms with E-state index < -0.39 is 5.60 Å². The van der Waals surface area contributed by atoms with Crippen molar-refractivity contribution in [2.75, 3.05) is 13.2 Å². The molecule has 0 aromatic heterocycles. The molecular formula is C11H12BrClO2. The third kappa shape index (κ3) is 2.21. The summed E-state index contributed by atoms with van der Waals surface area (Å²) in [4.78, 5) is 0. The quantitative estimate of drug-likeness (QED) is 0.861. The van der Waals surface area contributed by atoms with Crippen LogP contribution in [0, 0.1) is 0 Å². The summed E-state index contributed by atoms with van der Waals surface area (Å²) >= 11 is 9.55. The van der Waals surface area contributed by atoms with Gasteiger partial charge in [0.2, 0.25) is 0 Å². The van der Waals surface area contributed by atoms with Crippen molar-refractivity contribution in [1.82, 2.24) is 0 Å².